The van der Waals surface area contributed by atoms with Gasteiger partial charge in [0.05, 0.1) is 18.3 Å². The topological polar surface area (TPSA) is 64.8 Å². The first kappa shape index (κ1) is 17.1. The molecule has 1 aliphatic heterocycles. The molecule has 7 heteroatoms. The Kier molecular flexibility index (Phi) is 4.25. The summed E-state index contributed by atoms with van der Waals surface area (Å²) in [5.74, 6) is 1.77. The Bertz CT molecular complexity index is 719. The van der Waals surface area contributed by atoms with Crippen molar-refractivity contribution in [2.75, 3.05) is 31.7 Å². The van der Waals surface area contributed by atoms with Gasteiger partial charge < -0.3 is 14.4 Å². The molecule has 0 saturated carbocycles. The Morgan fingerprint density at radius 3 is 2.71 bits per heavy atom. The van der Waals surface area contributed by atoms with E-state index in [9.17, 15) is 0 Å². The quantitative estimate of drug-likeness (QED) is 0.856. The Labute approximate surface area is 143 Å². The molecule has 1 saturated heterocycles. The molecule has 7 nitrogen and oxygen atoms in total. The predicted octanol–water partition coefficient (Wildman–Crippen LogP) is 2.05. The number of hydrogen-bond donors (Lipinski definition) is 0. The summed E-state index contributed by atoms with van der Waals surface area (Å²) in [5.41, 5.74) is 0.399. The maximum atomic E-state index is 6.09. The molecule has 24 heavy (non-hydrogen) atoms. The number of hydrogen-bond acceptors (Lipinski definition) is 6. The monoisotopic (exact) mass is 333 g/mol. The van der Waals surface area contributed by atoms with Crippen molar-refractivity contribution in [2.24, 2.45) is 0 Å². The van der Waals surface area contributed by atoms with Crippen LogP contribution in [-0.2, 0) is 14.9 Å². The van der Waals surface area contributed by atoms with Crippen LogP contribution in [0.15, 0.2) is 12.1 Å². The molecule has 3 heterocycles. The van der Waals surface area contributed by atoms with Crippen LogP contribution < -0.4 is 4.90 Å². The van der Waals surface area contributed by atoms with E-state index in [0.717, 1.165) is 30.4 Å². The number of morpholine rings is 1. The molecule has 1 aliphatic rings. The fourth-order valence-corrected chi connectivity index (χ4v) is 3.16. The molecule has 0 N–H and O–H groups in total. The summed E-state index contributed by atoms with van der Waals surface area (Å²) >= 11 is 0. The van der Waals surface area contributed by atoms with Gasteiger partial charge in [0.25, 0.3) is 0 Å². The van der Waals surface area contributed by atoms with Crippen molar-refractivity contribution in [3.63, 3.8) is 0 Å². The van der Waals surface area contributed by atoms with Gasteiger partial charge in [-0.2, -0.15) is 4.52 Å². The fraction of sp³-hybridized carbons (Fsp3) is 0.706. The summed E-state index contributed by atoms with van der Waals surface area (Å²) in [6.07, 6.45) is 0.0271. The minimum atomic E-state index is -0.252. The minimum absolute atomic E-state index is 0.0271. The van der Waals surface area contributed by atoms with Crippen LogP contribution in [0.3, 0.4) is 0 Å². The number of anilines is 1. The molecule has 1 fully saturated rings. The van der Waals surface area contributed by atoms with Crippen LogP contribution in [-0.4, -0.2) is 58.3 Å². The summed E-state index contributed by atoms with van der Waals surface area (Å²) in [6, 6.07) is 3.97. The average molecular weight is 333 g/mol. The Balaban J connectivity index is 1.96. The van der Waals surface area contributed by atoms with Crippen LogP contribution in [0.25, 0.3) is 5.65 Å². The lowest BCUT2D eigenvalue weighted by atomic mass is 9.96. The smallest absolute Gasteiger partial charge is 0.178 e. The Morgan fingerprint density at radius 2 is 2.04 bits per heavy atom. The largest absolute Gasteiger partial charge is 0.382 e. The van der Waals surface area contributed by atoms with Crippen molar-refractivity contribution in [3.8, 4) is 0 Å². The maximum Gasteiger partial charge on any atom is 0.178 e. The van der Waals surface area contributed by atoms with Gasteiger partial charge in [-0.25, -0.2) is 0 Å². The molecule has 0 aromatic carbocycles. The average Bonchev–Trinajstić information content (AvgIpc) is 2.88. The lowest BCUT2D eigenvalue weighted by molar-refractivity contribution is -0.106. The maximum absolute atomic E-state index is 6.09. The Hall–Kier alpha value is -1.73. The molecule has 2 aromatic rings. The highest BCUT2D eigenvalue weighted by Gasteiger charge is 2.34. The first-order valence-electron chi connectivity index (χ1n) is 8.34. The van der Waals surface area contributed by atoms with Crippen LogP contribution in [0, 0.1) is 0 Å². The zero-order valence-electron chi connectivity index (χ0n) is 15.4. The number of rotatable bonds is 3. The first-order valence-corrected chi connectivity index (χ1v) is 8.34. The van der Waals surface area contributed by atoms with Crippen molar-refractivity contribution in [2.45, 2.75) is 51.7 Å². The van der Waals surface area contributed by atoms with Gasteiger partial charge in [0.1, 0.15) is 5.82 Å². The summed E-state index contributed by atoms with van der Waals surface area (Å²) in [5, 5.41) is 13.4. The van der Waals surface area contributed by atoms with Crippen molar-refractivity contribution in [1.82, 2.24) is 19.8 Å². The lowest BCUT2D eigenvalue weighted by Crippen LogP contribution is -2.54. The van der Waals surface area contributed by atoms with E-state index in [2.05, 4.69) is 49.7 Å². The van der Waals surface area contributed by atoms with Crippen LogP contribution >= 0.6 is 0 Å². The molecule has 0 aliphatic carbocycles. The fourth-order valence-electron chi connectivity index (χ4n) is 3.16. The van der Waals surface area contributed by atoms with E-state index < -0.39 is 0 Å². The van der Waals surface area contributed by atoms with Gasteiger partial charge >= 0.3 is 0 Å². The van der Waals surface area contributed by atoms with Gasteiger partial charge in [0.15, 0.2) is 11.5 Å². The Morgan fingerprint density at radius 1 is 1.29 bits per heavy atom. The van der Waals surface area contributed by atoms with Crippen molar-refractivity contribution in [1.29, 1.82) is 0 Å². The molecule has 3 rings (SSSR count). The second-order valence-corrected chi connectivity index (χ2v) is 8.07. The second-order valence-electron chi connectivity index (χ2n) is 8.07. The molecule has 132 valence electrons. The molecular weight excluding hydrogens is 306 g/mol. The predicted molar refractivity (Wildman–Crippen MR) is 92.5 cm³/mol. The van der Waals surface area contributed by atoms with E-state index in [1.54, 1.807) is 7.11 Å². The van der Waals surface area contributed by atoms with Crippen LogP contribution in [0.2, 0.25) is 0 Å². The van der Waals surface area contributed by atoms with Gasteiger partial charge in [-0.1, -0.05) is 20.8 Å². The standard InChI is InChI=1S/C17H27N5O2/c1-16(2,3)15-19-18-13-7-8-14(20-22(13)15)21-9-12(10-23-6)24-17(4,5)11-21/h7-8,12H,9-11H2,1-6H3/t12-/m0/s1. The third-order valence-electron chi connectivity index (χ3n) is 4.08. The van der Waals surface area contributed by atoms with Gasteiger partial charge in [-0.15, -0.1) is 15.3 Å². The van der Waals surface area contributed by atoms with E-state index in [0.29, 0.717) is 6.61 Å². The molecular formula is C17H27N5O2. The summed E-state index contributed by atoms with van der Waals surface area (Å²) in [4.78, 5) is 2.25. The van der Waals surface area contributed by atoms with E-state index >= 15 is 0 Å². The van der Waals surface area contributed by atoms with Crippen LogP contribution in [0.4, 0.5) is 5.82 Å². The summed E-state index contributed by atoms with van der Waals surface area (Å²) in [7, 11) is 1.70. The highest BCUT2D eigenvalue weighted by Crippen LogP contribution is 2.26. The zero-order valence-corrected chi connectivity index (χ0v) is 15.4. The van der Waals surface area contributed by atoms with Gasteiger partial charge in [0, 0.05) is 25.6 Å². The lowest BCUT2D eigenvalue weighted by Gasteiger charge is -2.43. The van der Waals surface area contributed by atoms with Crippen molar-refractivity contribution in [3.05, 3.63) is 18.0 Å². The van der Waals surface area contributed by atoms with E-state index in [4.69, 9.17) is 14.6 Å². The van der Waals surface area contributed by atoms with Crippen LogP contribution in [0.5, 0.6) is 0 Å². The third kappa shape index (κ3) is 3.37. The molecule has 0 bridgehead atoms. The number of nitrogens with zero attached hydrogens (tertiary/aromatic N) is 5. The minimum Gasteiger partial charge on any atom is -0.382 e. The molecule has 0 unspecified atom stereocenters. The highest BCUT2D eigenvalue weighted by atomic mass is 16.5. The zero-order chi connectivity index (χ0) is 17.5. The normalized spacial score (nSPS) is 21.4. The van der Waals surface area contributed by atoms with Gasteiger partial charge in [0.2, 0.25) is 0 Å². The first-order chi connectivity index (χ1) is 11.2. The summed E-state index contributed by atoms with van der Waals surface area (Å²) < 4.78 is 13.2. The van der Waals surface area contributed by atoms with Crippen LogP contribution in [0.1, 0.15) is 40.4 Å². The molecule has 2 aromatic heterocycles. The molecule has 0 radical (unpaired) electrons. The van der Waals surface area contributed by atoms with Crippen molar-refractivity contribution >= 4 is 11.5 Å². The number of aromatic nitrogens is 4. The highest BCUT2D eigenvalue weighted by molar-refractivity contribution is 5.47. The van der Waals surface area contributed by atoms with E-state index in [1.807, 2.05) is 16.6 Å². The van der Waals surface area contributed by atoms with E-state index in [-0.39, 0.29) is 17.1 Å². The molecule has 0 amide bonds. The number of methoxy groups -OCH3 is 1. The molecule has 1 atom stereocenters. The van der Waals surface area contributed by atoms with E-state index in [1.165, 1.54) is 0 Å². The van der Waals surface area contributed by atoms with Gasteiger partial charge in [-0.3, -0.25) is 0 Å². The number of fused-ring (bicyclic) bond motifs is 1. The third-order valence-corrected chi connectivity index (χ3v) is 4.08. The second kappa shape index (κ2) is 5.97. The number of ether oxygens (including phenoxy) is 2. The van der Waals surface area contributed by atoms with Gasteiger partial charge in [-0.05, 0) is 26.0 Å². The SMILES string of the molecule is COC[C@@H]1CN(c2ccc3nnc(C(C)(C)C)n3n2)CC(C)(C)O1. The summed E-state index contributed by atoms with van der Waals surface area (Å²) in [6.45, 7) is 12.6. The molecule has 0 spiro atoms. The van der Waals surface area contributed by atoms with Crippen molar-refractivity contribution < 1.29 is 9.47 Å².